The third-order valence-electron chi connectivity index (χ3n) is 4.92. The molecule has 1 amide bonds. The Morgan fingerprint density at radius 2 is 1.90 bits per heavy atom. The lowest BCUT2D eigenvalue weighted by atomic mass is 10.1. The van der Waals surface area contributed by atoms with Crippen molar-refractivity contribution in [3.63, 3.8) is 0 Å². The molecule has 0 radical (unpaired) electrons. The predicted molar refractivity (Wildman–Crippen MR) is 118 cm³/mol. The SMILES string of the molecule is CC(NC(=O)CN(C)CCCc1cc(-c2ccc(F)cc2)n[nH]1)c1ccc(Cl)cc1. The largest absolute Gasteiger partial charge is 0.348 e. The van der Waals surface area contributed by atoms with Gasteiger partial charge in [0.15, 0.2) is 0 Å². The second-order valence-corrected chi connectivity index (χ2v) is 7.90. The van der Waals surface area contributed by atoms with Crippen LogP contribution in [0.15, 0.2) is 54.6 Å². The van der Waals surface area contributed by atoms with Crippen LogP contribution in [-0.4, -0.2) is 41.1 Å². The van der Waals surface area contributed by atoms with Gasteiger partial charge in [-0.1, -0.05) is 23.7 Å². The summed E-state index contributed by atoms with van der Waals surface area (Å²) in [6.07, 6.45) is 1.71. The molecule has 0 aliphatic heterocycles. The molecule has 1 heterocycles. The Morgan fingerprint density at radius 3 is 2.60 bits per heavy atom. The Bertz CT molecular complexity index is 956. The average Bonchev–Trinajstić information content (AvgIpc) is 3.17. The topological polar surface area (TPSA) is 61.0 Å². The molecule has 7 heteroatoms. The maximum absolute atomic E-state index is 13.0. The lowest BCUT2D eigenvalue weighted by Crippen LogP contribution is -2.36. The quantitative estimate of drug-likeness (QED) is 0.523. The minimum Gasteiger partial charge on any atom is -0.348 e. The van der Waals surface area contributed by atoms with E-state index in [2.05, 4.69) is 15.5 Å². The second-order valence-electron chi connectivity index (χ2n) is 7.47. The van der Waals surface area contributed by atoms with Crippen molar-refractivity contribution >= 4 is 17.5 Å². The summed E-state index contributed by atoms with van der Waals surface area (Å²) in [4.78, 5) is 14.3. The number of benzene rings is 2. The third kappa shape index (κ3) is 6.40. The summed E-state index contributed by atoms with van der Waals surface area (Å²) in [5.74, 6) is -0.274. The number of H-pyrrole nitrogens is 1. The van der Waals surface area contributed by atoms with Crippen LogP contribution in [0.2, 0.25) is 5.02 Å². The van der Waals surface area contributed by atoms with E-state index in [1.807, 2.05) is 49.2 Å². The number of nitrogens with zero attached hydrogens (tertiary/aromatic N) is 2. The molecule has 158 valence electrons. The van der Waals surface area contributed by atoms with E-state index in [4.69, 9.17) is 11.6 Å². The Labute approximate surface area is 181 Å². The van der Waals surface area contributed by atoms with Crippen molar-refractivity contribution in [2.24, 2.45) is 0 Å². The molecular formula is C23H26ClFN4O. The molecule has 1 aromatic heterocycles. The first-order chi connectivity index (χ1) is 14.4. The van der Waals surface area contributed by atoms with Crippen molar-refractivity contribution in [3.05, 3.63) is 76.7 Å². The summed E-state index contributed by atoms with van der Waals surface area (Å²) < 4.78 is 13.0. The van der Waals surface area contributed by atoms with Gasteiger partial charge in [-0.2, -0.15) is 5.10 Å². The van der Waals surface area contributed by atoms with Gasteiger partial charge in [-0.15, -0.1) is 0 Å². The van der Waals surface area contributed by atoms with E-state index in [1.54, 1.807) is 12.1 Å². The molecule has 0 aliphatic rings. The first-order valence-electron chi connectivity index (χ1n) is 9.94. The van der Waals surface area contributed by atoms with Crippen LogP contribution in [0.4, 0.5) is 4.39 Å². The molecule has 0 saturated heterocycles. The van der Waals surface area contributed by atoms with E-state index in [9.17, 15) is 9.18 Å². The number of amides is 1. The number of carbonyl (C=O) groups excluding carboxylic acids is 1. The van der Waals surface area contributed by atoms with E-state index in [1.165, 1.54) is 12.1 Å². The lowest BCUT2D eigenvalue weighted by Gasteiger charge is -2.19. The molecule has 2 N–H and O–H groups in total. The van der Waals surface area contributed by atoms with E-state index in [-0.39, 0.29) is 17.8 Å². The highest BCUT2D eigenvalue weighted by atomic mass is 35.5. The molecule has 5 nitrogen and oxygen atoms in total. The average molecular weight is 429 g/mol. The zero-order valence-electron chi connectivity index (χ0n) is 17.2. The fourth-order valence-corrected chi connectivity index (χ4v) is 3.37. The summed E-state index contributed by atoms with van der Waals surface area (Å²) in [6.45, 7) is 3.08. The van der Waals surface area contributed by atoms with Crippen LogP contribution in [0.1, 0.15) is 30.6 Å². The van der Waals surface area contributed by atoms with E-state index < -0.39 is 0 Å². The monoisotopic (exact) mass is 428 g/mol. The summed E-state index contributed by atoms with van der Waals surface area (Å²) in [7, 11) is 1.93. The number of aromatic nitrogens is 2. The first kappa shape index (κ1) is 22.0. The molecule has 1 unspecified atom stereocenters. The van der Waals surface area contributed by atoms with Gasteiger partial charge in [-0.05, 0) is 81.4 Å². The molecule has 0 aliphatic carbocycles. The zero-order valence-corrected chi connectivity index (χ0v) is 17.9. The first-order valence-corrected chi connectivity index (χ1v) is 10.3. The van der Waals surface area contributed by atoms with Gasteiger partial charge < -0.3 is 5.32 Å². The van der Waals surface area contributed by atoms with Crippen LogP contribution >= 0.6 is 11.6 Å². The molecular weight excluding hydrogens is 403 g/mol. The molecule has 0 saturated carbocycles. The van der Waals surface area contributed by atoms with Gasteiger partial charge in [-0.25, -0.2) is 4.39 Å². The summed E-state index contributed by atoms with van der Waals surface area (Å²) >= 11 is 5.91. The Morgan fingerprint density at radius 1 is 1.20 bits per heavy atom. The van der Waals surface area contributed by atoms with Crippen molar-refractivity contribution in [2.75, 3.05) is 20.1 Å². The van der Waals surface area contributed by atoms with Gasteiger partial charge in [0.05, 0.1) is 18.3 Å². The number of likely N-dealkylation sites (N-methyl/N-ethyl adjacent to an activating group) is 1. The molecule has 1 atom stereocenters. The summed E-state index contributed by atoms with van der Waals surface area (Å²) in [5.41, 5.74) is 3.71. The lowest BCUT2D eigenvalue weighted by molar-refractivity contribution is -0.122. The summed E-state index contributed by atoms with van der Waals surface area (Å²) in [5, 5.41) is 11.0. The molecule has 3 rings (SSSR count). The number of hydrogen-bond acceptors (Lipinski definition) is 3. The number of halogens is 2. The standard InChI is InChI=1S/C23H26ClFN4O/c1-16(17-5-9-19(24)10-6-17)26-23(30)15-29(2)13-3-4-21-14-22(28-27-21)18-7-11-20(25)12-8-18/h5-12,14,16H,3-4,13,15H2,1-2H3,(H,26,30)(H,27,28). The van der Waals surface area contributed by atoms with Crippen LogP contribution in [0.3, 0.4) is 0 Å². The normalized spacial score (nSPS) is 12.2. The van der Waals surface area contributed by atoms with Crippen molar-refractivity contribution in [1.82, 2.24) is 20.4 Å². The highest BCUT2D eigenvalue weighted by molar-refractivity contribution is 6.30. The zero-order chi connectivity index (χ0) is 21.5. The smallest absolute Gasteiger partial charge is 0.234 e. The maximum Gasteiger partial charge on any atom is 0.234 e. The minimum absolute atomic E-state index is 0.0138. The number of aromatic amines is 1. The number of nitrogens with one attached hydrogen (secondary N) is 2. The van der Waals surface area contributed by atoms with Gasteiger partial charge in [-0.3, -0.25) is 14.8 Å². The van der Waals surface area contributed by atoms with Gasteiger partial charge in [0.1, 0.15) is 5.82 Å². The number of aryl methyl sites for hydroxylation is 1. The fourth-order valence-electron chi connectivity index (χ4n) is 3.24. The van der Waals surface area contributed by atoms with E-state index in [0.29, 0.717) is 11.6 Å². The molecule has 0 fully saturated rings. The van der Waals surface area contributed by atoms with E-state index in [0.717, 1.165) is 41.9 Å². The Balaban J connectivity index is 1.40. The van der Waals surface area contributed by atoms with Crippen molar-refractivity contribution in [1.29, 1.82) is 0 Å². The van der Waals surface area contributed by atoms with Gasteiger partial charge in [0, 0.05) is 16.3 Å². The molecule has 0 bridgehead atoms. The number of carbonyl (C=O) groups is 1. The van der Waals surface area contributed by atoms with Crippen LogP contribution in [-0.2, 0) is 11.2 Å². The maximum atomic E-state index is 13.0. The van der Waals surface area contributed by atoms with Crippen LogP contribution < -0.4 is 5.32 Å². The van der Waals surface area contributed by atoms with E-state index >= 15 is 0 Å². The molecule has 2 aromatic carbocycles. The minimum atomic E-state index is -0.260. The van der Waals surface area contributed by atoms with Crippen molar-refractivity contribution in [3.8, 4) is 11.3 Å². The van der Waals surface area contributed by atoms with Crippen LogP contribution in [0.25, 0.3) is 11.3 Å². The van der Waals surface area contributed by atoms with Crippen molar-refractivity contribution < 1.29 is 9.18 Å². The van der Waals surface area contributed by atoms with Gasteiger partial charge in [0.25, 0.3) is 0 Å². The third-order valence-corrected chi connectivity index (χ3v) is 5.17. The van der Waals surface area contributed by atoms with Gasteiger partial charge in [0.2, 0.25) is 5.91 Å². The highest BCUT2D eigenvalue weighted by Crippen LogP contribution is 2.19. The number of hydrogen-bond donors (Lipinski definition) is 2. The molecule has 3 aromatic rings. The fraction of sp³-hybridized carbons (Fsp3) is 0.304. The molecule has 30 heavy (non-hydrogen) atoms. The summed E-state index contributed by atoms with van der Waals surface area (Å²) in [6, 6.07) is 15.7. The number of rotatable bonds is 9. The van der Waals surface area contributed by atoms with Crippen LogP contribution in [0, 0.1) is 5.82 Å². The Kier molecular flexibility index (Phi) is 7.60. The van der Waals surface area contributed by atoms with Gasteiger partial charge >= 0.3 is 0 Å². The molecule has 0 spiro atoms. The Hall–Kier alpha value is -2.70. The predicted octanol–water partition coefficient (Wildman–Crippen LogP) is 4.61. The van der Waals surface area contributed by atoms with Crippen LogP contribution in [0.5, 0.6) is 0 Å². The second kappa shape index (κ2) is 10.4. The highest BCUT2D eigenvalue weighted by Gasteiger charge is 2.12. The van der Waals surface area contributed by atoms with Crippen molar-refractivity contribution in [2.45, 2.75) is 25.8 Å².